The van der Waals surface area contributed by atoms with Gasteiger partial charge in [-0.15, -0.1) is 0 Å². The summed E-state index contributed by atoms with van der Waals surface area (Å²) in [7, 11) is 0. The molecule has 0 spiro atoms. The quantitative estimate of drug-likeness (QED) is 0.798. The summed E-state index contributed by atoms with van der Waals surface area (Å²) in [5, 5.41) is 9.62. The molecule has 1 unspecified atom stereocenters. The summed E-state index contributed by atoms with van der Waals surface area (Å²) >= 11 is 16.7. The van der Waals surface area contributed by atoms with Crippen LogP contribution in [0.1, 0.15) is 24.2 Å². The summed E-state index contributed by atoms with van der Waals surface area (Å²) in [6, 6.07) is 7.36. The first kappa shape index (κ1) is 12.1. The number of aliphatic hydroxyl groups excluding tert-OH is 1. The van der Waals surface area contributed by atoms with Crippen LogP contribution < -0.4 is 0 Å². The Balaban J connectivity index is 2.87. The second-order valence-electron chi connectivity index (χ2n) is 3.04. The number of hydrogen-bond acceptors (Lipinski definition) is 1. The van der Waals surface area contributed by atoms with E-state index in [9.17, 15) is 5.11 Å². The molecule has 1 N–H and O–H groups in total. The Bertz CT molecular complexity index is 289. The molecule has 1 rings (SSSR count). The molecule has 1 atom stereocenters. The molecule has 1 aromatic carbocycles. The number of rotatable bonds is 2. The maximum absolute atomic E-state index is 9.62. The van der Waals surface area contributed by atoms with Gasteiger partial charge in [0, 0.05) is 0 Å². The molecular formula is C10H11Cl3O. The molecule has 0 saturated carbocycles. The third-order valence-electron chi connectivity index (χ3n) is 2.01. The van der Waals surface area contributed by atoms with Gasteiger partial charge in [0.15, 0.2) is 0 Å². The van der Waals surface area contributed by atoms with Crippen LogP contribution in [0.3, 0.4) is 0 Å². The predicted molar refractivity (Wildman–Crippen MR) is 61.1 cm³/mol. The van der Waals surface area contributed by atoms with Crippen molar-refractivity contribution in [2.24, 2.45) is 0 Å². The zero-order valence-electron chi connectivity index (χ0n) is 7.67. The molecule has 1 nitrogen and oxygen atoms in total. The van der Waals surface area contributed by atoms with Crippen molar-refractivity contribution in [2.45, 2.75) is 23.2 Å². The molecule has 0 radical (unpaired) electrons. The van der Waals surface area contributed by atoms with Crippen LogP contribution in [0.4, 0.5) is 0 Å². The van der Waals surface area contributed by atoms with Crippen molar-refractivity contribution >= 4 is 34.8 Å². The van der Waals surface area contributed by atoms with Crippen LogP contribution in [0.15, 0.2) is 24.3 Å². The molecule has 0 bridgehead atoms. The maximum Gasteiger partial charge on any atom is 0.220 e. The monoisotopic (exact) mass is 252 g/mol. The molecule has 0 fully saturated rings. The molecule has 0 amide bonds. The lowest BCUT2D eigenvalue weighted by molar-refractivity contribution is 0.182. The fourth-order valence-electron chi connectivity index (χ4n) is 1.12. The van der Waals surface area contributed by atoms with Gasteiger partial charge in [0.25, 0.3) is 0 Å². The first-order chi connectivity index (χ1) is 6.45. The third kappa shape index (κ3) is 3.03. The van der Waals surface area contributed by atoms with Gasteiger partial charge in [0.05, 0.1) is 0 Å². The molecule has 0 aromatic heterocycles. The van der Waals surface area contributed by atoms with E-state index in [1.165, 1.54) is 5.56 Å². The van der Waals surface area contributed by atoms with Crippen LogP contribution in [-0.4, -0.2) is 8.90 Å². The van der Waals surface area contributed by atoms with Crippen LogP contribution in [-0.2, 0) is 6.42 Å². The number of aliphatic hydroxyl groups is 1. The van der Waals surface area contributed by atoms with Crippen molar-refractivity contribution in [3.8, 4) is 0 Å². The topological polar surface area (TPSA) is 20.2 Å². The minimum Gasteiger partial charge on any atom is -0.384 e. The molecular weight excluding hydrogens is 242 g/mol. The van der Waals surface area contributed by atoms with E-state index < -0.39 is 9.90 Å². The van der Waals surface area contributed by atoms with E-state index in [0.717, 1.165) is 6.42 Å². The van der Waals surface area contributed by atoms with Crippen LogP contribution in [0, 0.1) is 0 Å². The normalized spacial score (nSPS) is 14.1. The van der Waals surface area contributed by atoms with Gasteiger partial charge in [-0.05, 0) is 17.5 Å². The van der Waals surface area contributed by atoms with Gasteiger partial charge in [-0.3, -0.25) is 0 Å². The number of halogens is 3. The fraction of sp³-hybridized carbons (Fsp3) is 0.400. The lowest BCUT2D eigenvalue weighted by Crippen LogP contribution is -2.16. The van der Waals surface area contributed by atoms with E-state index in [1.54, 1.807) is 12.1 Å². The summed E-state index contributed by atoms with van der Waals surface area (Å²) in [6.07, 6.45) is -0.136. The van der Waals surface area contributed by atoms with E-state index in [2.05, 4.69) is 6.92 Å². The first-order valence-corrected chi connectivity index (χ1v) is 5.42. The molecule has 78 valence electrons. The zero-order chi connectivity index (χ0) is 10.8. The van der Waals surface area contributed by atoms with Gasteiger partial charge in [0.1, 0.15) is 6.10 Å². The first-order valence-electron chi connectivity index (χ1n) is 4.28. The Hall–Kier alpha value is 0.0500. The smallest absolute Gasteiger partial charge is 0.220 e. The Morgan fingerprint density at radius 3 is 2.07 bits per heavy atom. The molecule has 0 heterocycles. The van der Waals surface area contributed by atoms with Crippen LogP contribution in [0.5, 0.6) is 0 Å². The number of benzene rings is 1. The molecule has 0 aliphatic heterocycles. The fourth-order valence-corrected chi connectivity index (χ4v) is 1.50. The van der Waals surface area contributed by atoms with E-state index in [1.807, 2.05) is 12.1 Å². The second kappa shape index (κ2) is 4.71. The lowest BCUT2D eigenvalue weighted by atomic mass is 10.1. The lowest BCUT2D eigenvalue weighted by Gasteiger charge is -2.19. The highest BCUT2D eigenvalue weighted by Crippen LogP contribution is 2.39. The van der Waals surface area contributed by atoms with Crippen molar-refractivity contribution < 1.29 is 5.11 Å². The summed E-state index contributed by atoms with van der Waals surface area (Å²) in [5.41, 5.74) is 1.80. The van der Waals surface area contributed by atoms with Crippen molar-refractivity contribution in [3.63, 3.8) is 0 Å². The van der Waals surface area contributed by atoms with E-state index >= 15 is 0 Å². The average molecular weight is 254 g/mol. The highest BCUT2D eigenvalue weighted by atomic mass is 35.6. The van der Waals surface area contributed by atoms with Gasteiger partial charge in [-0.25, -0.2) is 0 Å². The van der Waals surface area contributed by atoms with Crippen molar-refractivity contribution in [1.29, 1.82) is 0 Å². The minimum absolute atomic E-state index is 0.613. The molecule has 0 saturated heterocycles. The van der Waals surface area contributed by atoms with Gasteiger partial charge in [-0.2, -0.15) is 0 Å². The van der Waals surface area contributed by atoms with E-state index in [-0.39, 0.29) is 0 Å². The Kier molecular flexibility index (Phi) is 4.08. The average Bonchev–Trinajstić information content (AvgIpc) is 2.15. The molecule has 0 aliphatic carbocycles. The molecule has 4 heteroatoms. The SMILES string of the molecule is CCc1ccc(C(O)C(Cl)(Cl)Cl)cc1. The van der Waals surface area contributed by atoms with Crippen LogP contribution in [0.2, 0.25) is 0 Å². The highest BCUT2D eigenvalue weighted by molar-refractivity contribution is 6.68. The van der Waals surface area contributed by atoms with Gasteiger partial charge >= 0.3 is 0 Å². The Labute approximate surface area is 98.6 Å². The number of aryl methyl sites for hydroxylation is 1. The van der Waals surface area contributed by atoms with Crippen molar-refractivity contribution in [3.05, 3.63) is 35.4 Å². The zero-order valence-corrected chi connectivity index (χ0v) is 9.94. The largest absolute Gasteiger partial charge is 0.384 e. The predicted octanol–water partition coefficient (Wildman–Crippen LogP) is 3.65. The van der Waals surface area contributed by atoms with Crippen LogP contribution >= 0.6 is 34.8 Å². The van der Waals surface area contributed by atoms with Crippen molar-refractivity contribution in [2.75, 3.05) is 0 Å². The van der Waals surface area contributed by atoms with Gasteiger partial charge < -0.3 is 5.11 Å². The summed E-state index contributed by atoms with van der Waals surface area (Å²) < 4.78 is -1.67. The molecule has 14 heavy (non-hydrogen) atoms. The Morgan fingerprint density at radius 2 is 1.71 bits per heavy atom. The summed E-state index contributed by atoms with van der Waals surface area (Å²) in [6.45, 7) is 2.06. The Morgan fingerprint density at radius 1 is 1.21 bits per heavy atom. The highest BCUT2D eigenvalue weighted by Gasteiger charge is 2.31. The molecule has 0 aliphatic rings. The van der Waals surface area contributed by atoms with Crippen molar-refractivity contribution in [1.82, 2.24) is 0 Å². The number of alkyl halides is 3. The summed E-state index contributed by atoms with van der Waals surface area (Å²) in [4.78, 5) is 0. The summed E-state index contributed by atoms with van der Waals surface area (Å²) in [5.74, 6) is 0. The molecule has 1 aromatic rings. The number of hydrogen-bond donors (Lipinski definition) is 1. The third-order valence-corrected chi connectivity index (χ3v) is 2.63. The van der Waals surface area contributed by atoms with E-state index in [4.69, 9.17) is 34.8 Å². The van der Waals surface area contributed by atoms with Gasteiger partial charge in [0.2, 0.25) is 3.79 Å². The van der Waals surface area contributed by atoms with Gasteiger partial charge in [-0.1, -0.05) is 66.0 Å². The maximum atomic E-state index is 9.62. The minimum atomic E-state index is -1.67. The van der Waals surface area contributed by atoms with E-state index in [0.29, 0.717) is 5.56 Å². The standard InChI is InChI=1S/C10H11Cl3O/c1-2-7-3-5-8(6-4-7)9(14)10(11,12)13/h3-6,9,14H,2H2,1H3. The second-order valence-corrected chi connectivity index (χ2v) is 5.41. The van der Waals surface area contributed by atoms with Crippen LogP contribution in [0.25, 0.3) is 0 Å².